The molecule has 0 aliphatic carbocycles. The smallest absolute Gasteiger partial charge is 0.150 e. The fourth-order valence-corrected chi connectivity index (χ4v) is 4.90. The fourth-order valence-electron chi connectivity index (χ4n) is 2.70. The minimum atomic E-state index is -2.96. The van der Waals surface area contributed by atoms with Crippen molar-refractivity contribution in [3.05, 3.63) is 28.0 Å². The normalized spacial score (nSPS) is 22.7. The number of nitrogens with one attached hydrogen (secondary N) is 1. The summed E-state index contributed by atoms with van der Waals surface area (Å²) in [6.45, 7) is 0. The van der Waals surface area contributed by atoms with Crippen LogP contribution < -0.4 is 10.1 Å². The SMILES string of the molecule is CNC(c1cc(Br)c(F)cc1OC)C1CCS(=O)(=O)C1. The van der Waals surface area contributed by atoms with Gasteiger partial charge in [0.05, 0.1) is 23.1 Å². The first-order valence-electron chi connectivity index (χ1n) is 6.28. The molecule has 1 aromatic carbocycles. The number of hydrogen-bond donors (Lipinski definition) is 1. The number of ether oxygens (including phenoxy) is 1. The molecule has 2 rings (SSSR count). The molecule has 1 aliphatic rings. The average Bonchev–Trinajstić information content (AvgIpc) is 2.74. The molecule has 1 aromatic rings. The third-order valence-corrected chi connectivity index (χ3v) is 6.06. The van der Waals surface area contributed by atoms with Gasteiger partial charge in [0, 0.05) is 17.7 Å². The lowest BCUT2D eigenvalue weighted by molar-refractivity contribution is 0.370. The number of halogens is 2. The zero-order chi connectivity index (χ0) is 14.9. The number of rotatable bonds is 4. The van der Waals surface area contributed by atoms with Gasteiger partial charge in [-0.3, -0.25) is 0 Å². The van der Waals surface area contributed by atoms with Crippen molar-refractivity contribution < 1.29 is 17.5 Å². The third kappa shape index (κ3) is 3.15. The Kier molecular flexibility index (Phi) is 4.71. The number of hydrogen-bond acceptors (Lipinski definition) is 4. The second-order valence-electron chi connectivity index (χ2n) is 4.94. The van der Waals surface area contributed by atoms with Crippen molar-refractivity contribution in [1.29, 1.82) is 0 Å². The molecule has 0 bridgehead atoms. The van der Waals surface area contributed by atoms with Crippen LogP contribution in [0, 0.1) is 11.7 Å². The van der Waals surface area contributed by atoms with Crippen LogP contribution in [0.4, 0.5) is 4.39 Å². The van der Waals surface area contributed by atoms with E-state index < -0.39 is 15.7 Å². The summed E-state index contributed by atoms with van der Waals surface area (Å²) in [5, 5.41) is 3.13. The lowest BCUT2D eigenvalue weighted by Gasteiger charge is -2.24. The first kappa shape index (κ1) is 15.7. The van der Waals surface area contributed by atoms with E-state index in [9.17, 15) is 12.8 Å². The zero-order valence-corrected chi connectivity index (χ0v) is 13.7. The van der Waals surface area contributed by atoms with E-state index in [4.69, 9.17) is 4.74 Å². The molecule has 1 saturated heterocycles. The van der Waals surface area contributed by atoms with E-state index in [1.807, 2.05) is 0 Å². The summed E-state index contributed by atoms with van der Waals surface area (Å²) in [6, 6.07) is 2.78. The molecule has 4 nitrogen and oxygen atoms in total. The van der Waals surface area contributed by atoms with Crippen molar-refractivity contribution in [1.82, 2.24) is 5.32 Å². The average molecular weight is 366 g/mol. The first-order chi connectivity index (χ1) is 9.38. The number of methoxy groups -OCH3 is 1. The molecule has 0 aromatic heterocycles. The van der Waals surface area contributed by atoms with Crippen LogP contribution >= 0.6 is 15.9 Å². The maximum atomic E-state index is 13.6. The summed E-state index contributed by atoms with van der Waals surface area (Å²) in [4.78, 5) is 0. The summed E-state index contributed by atoms with van der Waals surface area (Å²) >= 11 is 3.16. The number of benzene rings is 1. The highest BCUT2D eigenvalue weighted by molar-refractivity contribution is 9.10. The first-order valence-corrected chi connectivity index (χ1v) is 8.90. The standard InChI is InChI=1S/C13H17BrFNO3S/c1-16-13(8-3-4-20(17,18)7-8)9-5-10(14)11(15)6-12(9)19-2/h5-6,8,13,16H,3-4,7H2,1-2H3. The van der Waals surface area contributed by atoms with Gasteiger partial charge in [-0.2, -0.15) is 0 Å². The summed E-state index contributed by atoms with van der Waals surface area (Å²) in [6.07, 6.45) is 0.603. The van der Waals surface area contributed by atoms with Gasteiger partial charge in [0.15, 0.2) is 9.84 Å². The molecular weight excluding hydrogens is 349 g/mol. The van der Waals surface area contributed by atoms with Crippen LogP contribution in [0.25, 0.3) is 0 Å². The van der Waals surface area contributed by atoms with Gasteiger partial charge < -0.3 is 10.1 Å². The Balaban J connectivity index is 2.39. The Bertz CT molecular complexity index is 606. The predicted octanol–water partition coefficient (Wildman–Crippen LogP) is 2.29. The maximum absolute atomic E-state index is 13.6. The lowest BCUT2D eigenvalue weighted by Crippen LogP contribution is -2.26. The van der Waals surface area contributed by atoms with Crippen LogP contribution in [0.2, 0.25) is 0 Å². The number of sulfone groups is 1. The monoisotopic (exact) mass is 365 g/mol. The summed E-state index contributed by atoms with van der Waals surface area (Å²) < 4.78 is 42.4. The predicted molar refractivity (Wildman–Crippen MR) is 79.2 cm³/mol. The molecule has 1 heterocycles. The Hall–Kier alpha value is -0.660. The molecule has 0 radical (unpaired) electrons. The molecule has 112 valence electrons. The van der Waals surface area contributed by atoms with E-state index in [1.54, 1.807) is 13.1 Å². The molecular formula is C13H17BrFNO3S. The van der Waals surface area contributed by atoms with Crippen LogP contribution in [-0.4, -0.2) is 34.1 Å². The van der Waals surface area contributed by atoms with Crippen molar-refractivity contribution in [2.75, 3.05) is 25.7 Å². The highest BCUT2D eigenvalue weighted by Crippen LogP contribution is 2.37. The van der Waals surface area contributed by atoms with Gasteiger partial charge in [-0.1, -0.05) is 0 Å². The highest BCUT2D eigenvalue weighted by atomic mass is 79.9. The molecule has 1 aliphatic heterocycles. The molecule has 20 heavy (non-hydrogen) atoms. The van der Waals surface area contributed by atoms with Crippen LogP contribution in [-0.2, 0) is 9.84 Å². The second-order valence-corrected chi connectivity index (χ2v) is 8.02. The quantitative estimate of drug-likeness (QED) is 0.889. The van der Waals surface area contributed by atoms with Crippen molar-refractivity contribution in [3.63, 3.8) is 0 Å². The minimum absolute atomic E-state index is 0.0312. The van der Waals surface area contributed by atoms with E-state index in [0.29, 0.717) is 16.6 Å². The Morgan fingerprint density at radius 1 is 1.50 bits per heavy atom. The van der Waals surface area contributed by atoms with Gasteiger partial charge in [0.2, 0.25) is 0 Å². The Labute approximate surface area is 126 Å². The largest absolute Gasteiger partial charge is 0.496 e. The van der Waals surface area contributed by atoms with Gasteiger partial charge in [-0.05, 0) is 41.4 Å². The molecule has 0 spiro atoms. The van der Waals surface area contributed by atoms with Crippen molar-refractivity contribution in [2.45, 2.75) is 12.5 Å². The Morgan fingerprint density at radius 3 is 2.70 bits per heavy atom. The fraction of sp³-hybridized carbons (Fsp3) is 0.538. The molecule has 7 heteroatoms. The van der Waals surface area contributed by atoms with E-state index in [-0.39, 0.29) is 23.5 Å². The van der Waals surface area contributed by atoms with Crippen molar-refractivity contribution in [2.24, 2.45) is 5.92 Å². The van der Waals surface area contributed by atoms with Gasteiger partial charge in [0.1, 0.15) is 11.6 Å². The van der Waals surface area contributed by atoms with Crippen molar-refractivity contribution >= 4 is 25.8 Å². The minimum Gasteiger partial charge on any atom is -0.496 e. The molecule has 0 saturated carbocycles. The molecule has 2 atom stereocenters. The summed E-state index contributed by atoms with van der Waals surface area (Å²) in [5.74, 6) is 0.349. The summed E-state index contributed by atoms with van der Waals surface area (Å²) in [5.41, 5.74) is 0.769. The lowest BCUT2D eigenvalue weighted by atomic mass is 9.92. The molecule has 2 unspecified atom stereocenters. The van der Waals surface area contributed by atoms with E-state index in [0.717, 1.165) is 5.56 Å². The van der Waals surface area contributed by atoms with Crippen LogP contribution in [0.1, 0.15) is 18.0 Å². The molecule has 1 N–H and O–H groups in total. The maximum Gasteiger partial charge on any atom is 0.150 e. The zero-order valence-electron chi connectivity index (χ0n) is 11.3. The van der Waals surface area contributed by atoms with E-state index in [1.165, 1.54) is 13.2 Å². The van der Waals surface area contributed by atoms with Crippen LogP contribution in [0.15, 0.2) is 16.6 Å². The second kappa shape index (κ2) is 5.99. The molecule has 1 fully saturated rings. The van der Waals surface area contributed by atoms with E-state index in [2.05, 4.69) is 21.2 Å². The van der Waals surface area contributed by atoms with Gasteiger partial charge in [0.25, 0.3) is 0 Å². The van der Waals surface area contributed by atoms with Gasteiger partial charge in [-0.25, -0.2) is 12.8 Å². The van der Waals surface area contributed by atoms with Gasteiger partial charge in [-0.15, -0.1) is 0 Å². The highest BCUT2D eigenvalue weighted by Gasteiger charge is 2.35. The summed E-state index contributed by atoms with van der Waals surface area (Å²) in [7, 11) is 0.284. The van der Waals surface area contributed by atoms with Crippen molar-refractivity contribution in [3.8, 4) is 5.75 Å². The van der Waals surface area contributed by atoms with Gasteiger partial charge >= 0.3 is 0 Å². The third-order valence-electron chi connectivity index (χ3n) is 3.66. The van der Waals surface area contributed by atoms with Crippen LogP contribution in [0.3, 0.4) is 0 Å². The molecule has 0 amide bonds. The van der Waals surface area contributed by atoms with E-state index >= 15 is 0 Å². The topological polar surface area (TPSA) is 55.4 Å². The Morgan fingerprint density at radius 2 is 2.20 bits per heavy atom. The van der Waals surface area contributed by atoms with Crippen LogP contribution in [0.5, 0.6) is 5.75 Å².